The van der Waals surface area contributed by atoms with E-state index in [-0.39, 0.29) is 5.54 Å². The van der Waals surface area contributed by atoms with E-state index in [2.05, 4.69) is 5.32 Å². The van der Waals surface area contributed by atoms with Crippen LogP contribution in [0.3, 0.4) is 0 Å². The van der Waals surface area contributed by atoms with Crippen LogP contribution in [-0.2, 0) is 11.3 Å². The third kappa shape index (κ3) is 3.01. The number of halogens is 2. The summed E-state index contributed by atoms with van der Waals surface area (Å²) in [4.78, 5) is 0. The minimum absolute atomic E-state index is 0.142. The zero-order valence-corrected chi connectivity index (χ0v) is 9.93. The lowest BCUT2D eigenvalue weighted by Crippen LogP contribution is -2.48. The molecule has 0 bridgehead atoms. The van der Waals surface area contributed by atoms with E-state index in [1.807, 2.05) is 6.92 Å². The maximum absolute atomic E-state index is 13.4. The molecule has 1 aliphatic rings. The summed E-state index contributed by atoms with van der Waals surface area (Å²) in [7, 11) is 0. The number of rotatable bonds is 3. The van der Waals surface area contributed by atoms with E-state index in [0.29, 0.717) is 18.7 Å². The molecule has 0 aromatic heterocycles. The zero-order chi connectivity index (χ0) is 12.3. The Bertz CT molecular complexity index is 389. The van der Waals surface area contributed by atoms with Crippen LogP contribution in [0.2, 0.25) is 0 Å². The van der Waals surface area contributed by atoms with Crippen molar-refractivity contribution in [1.82, 2.24) is 5.32 Å². The molecule has 1 heterocycles. The van der Waals surface area contributed by atoms with Crippen molar-refractivity contribution in [3.8, 4) is 0 Å². The standard InChI is InChI=1S/C13H17F2NO/c1-13(6-3-7-17-9-13)16-8-10-4-2-5-11(14)12(10)15/h2,4-5,16H,3,6-9H2,1H3. The molecular weight excluding hydrogens is 224 g/mol. The smallest absolute Gasteiger partial charge is 0.163 e. The van der Waals surface area contributed by atoms with E-state index >= 15 is 0 Å². The van der Waals surface area contributed by atoms with Gasteiger partial charge >= 0.3 is 0 Å². The van der Waals surface area contributed by atoms with Crippen LogP contribution in [0.15, 0.2) is 18.2 Å². The van der Waals surface area contributed by atoms with Crippen LogP contribution in [0, 0.1) is 11.6 Å². The molecule has 1 aromatic carbocycles. The molecule has 2 nitrogen and oxygen atoms in total. The average Bonchev–Trinajstić information content (AvgIpc) is 2.32. The lowest BCUT2D eigenvalue weighted by atomic mass is 9.94. The highest BCUT2D eigenvalue weighted by molar-refractivity contribution is 5.19. The topological polar surface area (TPSA) is 21.3 Å². The summed E-state index contributed by atoms with van der Waals surface area (Å²) in [5.41, 5.74) is 0.216. The molecule has 0 aliphatic carbocycles. The Labute approximate surface area is 100.0 Å². The summed E-state index contributed by atoms with van der Waals surface area (Å²) in [6, 6.07) is 4.25. The van der Waals surface area contributed by atoms with Crippen molar-refractivity contribution in [1.29, 1.82) is 0 Å². The molecule has 1 atom stereocenters. The van der Waals surface area contributed by atoms with Crippen molar-refractivity contribution in [2.24, 2.45) is 0 Å². The Morgan fingerprint density at radius 2 is 2.24 bits per heavy atom. The number of ether oxygens (including phenoxy) is 1. The van der Waals surface area contributed by atoms with Crippen molar-refractivity contribution in [2.75, 3.05) is 13.2 Å². The first kappa shape index (κ1) is 12.5. The van der Waals surface area contributed by atoms with Crippen molar-refractivity contribution >= 4 is 0 Å². The summed E-state index contributed by atoms with van der Waals surface area (Å²) in [6.45, 7) is 3.77. The van der Waals surface area contributed by atoms with Gasteiger partial charge in [-0.25, -0.2) is 8.78 Å². The molecule has 94 valence electrons. The Morgan fingerprint density at radius 1 is 1.41 bits per heavy atom. The molecule has 1 N–H and O–H groups in total. The van der Waals surface area contributed by atoms with Crippen LogP contribution < -0.4 is 5.32 Å². The summed E-state index contributed by atoms with van der Waals surface area (Å²) in [6.07, 6.45) is 1.99. The molecule has 4 heteroatoms. The van der Waals surface area contributed by atoms with E-state index < -0.39 is 11.6 Å². The quantitative estimate of drug-likeness (QED) is 0.878. The molecule has 0 spiro atoms. The second-order valence-electron chi connectivity index (χ2n) is 4.78. The number of hydrogen-bond acceptors (Lipinski definition) is 2. The first-order valence-corrected chi connectivity index (χ1v) is 5.86. The van der Waals surface area contributed by atoms with Gasteiger partial charge in [-0.2, -0.15) is 0 Å². The summed E-state index contributed by atoms with van der Waals surface area (Å²) in [5, 5.41) is 3.25. The predicted octanol–water partition coefficient (Wildman–Crippen LogP) is 2.62. The number of nitrogens with one attached hydrogen (secondary N) is 1. The van der Waals surface area contributed by atoms with Crippen LogP contribution in [0.25, 0.3) is 0 Å². The minimum Gasteiger partial charge on any atom is -0.380 e. The van der Waals surface area contributed by atoms with E-state index in [1.165, 1.54) is 6.07 Å². The Morgan fingerprint density at radius 3 is 2.94 bits per heavy atom. The molecule has 0 amide bonds. The lowest BCUT2D eigenvalue weighted by molar-refractivity contribution is 0.0276. The normalized spacial score (nSPS) is 24.9. The SMILES string of the molecule is CC1(NCc2cccc(F)c2F)CCCOC1. The molecule has 1 aromatic rings. The van der Waals surface area contributed by atoms with Crippen LogP contribution in [0.4, 0.5) is 8.78 Å². The van der Waals surface area contributed by atoms with Crippen molar-refractivity contribution in [3.63, 3.8) is 0 Å². The molecular formula is C13H17F2NO. The lowest BCUT2D eigenvalue weighted by Gasteiger charge is -2.34. The number of hydrogen-bond donors (Lipinski definition) is 1. The highest BCUT2D eigenvalue weighted by Gasteiger charge is 2.27. The van der Waals surface area contributed by atoms with E-state index in [9.17, 15) is 8.78 Å². The van der Waals surface area contributed by atoms with Gasteiger partial charge in [0.25, 0.3) is 0 Å². The maximum Gasteiger partial charge on any atom is 0.163 e. The zero-order valence-electron chi connectivity index (χ0n) is 9.93. The van der Waals surface area contributed by atoms with Gasteiger partial charge in [-0.1, -0.05) is 12.1 Å². The molecule has 1 aliphatic heterocycles. The van der Waals surface area contributed by atoms with Gasteiger partial charge in [0.1, 0.15) is 0 Å². The van der Waals surface area contributed by atoms with Crippen molar-refractivity contribution in [2.45, 2.75) is 31.8 Å². The second-order valence-corrected chi connectivity index (χ2v) is 4.78. The molecule has 1 saturated heterocycles. The first-order chi connectivity index (χ1) is 8.11. The fraction of sp³-hybridized carbons (Fsp3) is 0.538. The maximum atomic E-state index is 13.4. The summed E-state index contributed by atoms with van der Waals surface area (Å²) in [5.74, 6) is -1.56. The predicted molar refractivity (Wildman–Crippen MR) is 61.7 cm³/mol. The Balaban J connectivity index is 1.99. The van der Waals surface area contributed by atoms with Crippen LogP contribution in [-0.4, -0.2) is 18.8 Å². The molecule has 2 rings (SSSR count). The van der Waals surface area contributed by atoms with Crippen molar-refractivity contribution in [3.05, 3.63) is 35.4 Å². The van der Waals surface area contributed by atoms with Crippen LogP contribution in [0.5, 0.6) is 0 Å². The third-order valence-electron chi connectivity index (χ3n) is 3.18. The van der Waals surface area contributed by atoms with Crippen LogP contribution in [0.1, 0.15) is 25.3 Å². The molecule has 1 unspecified atom stereocenters. The monoisotopic (exact) mass is 241 g/mol. The summed E-state index contributed by atoms with van der Waals surface area (Å²) >= 11 is 0. The van der Waals surface area contributed by atoms with Gasteiger partial charge in [-0.3, -0.25) is 0 Å². The van der Waals surface area contributed by atoms with Gasteiger partial charge in [-0.05, 0) is 25.8 Å². The van der Waals surface area contributed by atoms with Crippen molar-refractivity contribution < 1.29 is 13.5 Å². The Kier molecular flexibility index (Phi) is 3.74. The van der Waals surface area contributed by atoms with Gasteiger partial charge in [0, 0.05) is 24.3 Å². The second kappa shape index (κ2) is 5.10. The minimum atomic E-state index is -0.797. The average molecular weight is 241 g/mol. The fourth-order valence-corrected chi connectivity index (χ4v) is 2.07. The Hall–Kier alpha value is -1.00. The van der Waals surface area contributed by atoms with Crippen LogP contribution >= 0.6 is 0 Å². The van der Waals surface area contributed by atoms with E-state index in [0.717, 1.165) is 25.5 Å². The summed E-state index contributed by atoms with van der Waals surface area (Å²) < 4.78 is 31.8. The third-order valence-corrected chi connectivity index (χ3v) is 3.18. The van der Waals surface area contributed by atoms with Gasteiger partial charge in [0.05, 0.1) is 6.61 Å². The van der Waals surface area contributed by atoms with E-state index in [4.69, 9.17) is 4.74 Å². The van der Waals surface area contributed by atoms with Gasteiger partial charge in [0.15, 0.2) is 11.6 Å². The van der Waals surface area contributed by atoms with E-state index in [1.54, 1.807) is 6.07 Å². The molecule has 0 saturated carbocycles. The largest absolute Gasteiger partial charge is 0.380 e. The highest BCUT2D eigenvalue weighted by atomic mass is 19.2. The first-order valence-electron chi connectivity index (χ1n) is 5.86. The van der Waals surface area contributed by atoms with Gasteiger partial charge in [0.2, 0.25) is 0 Å². The van der Waals surface area contributed by atoms with Gasteiger partial charge in [-0.15, -0.1) is 0 Å². The number of benzene rings is 1. The molecule has 17 heavy (non-hydrogen) atoms. The highest BCUT2D eigenvalue weighted by Crippen LogP contribution is 2.20. The molecule has 0 radical (unpaired) electrons. The van der Waals surface area contributed by atoms with Gasteiger partial charge < -0.3 is 10.1 Å². The fourth-order valence-electron chi connectivity index (χ4n) is 2.07. The molecule has 1 fully saturated rings.